The van der Waals surface area contributed by atoms with Gasteiger partial charge in [-0.25, -0.2) is 0 Å². The molecule has 1 saturated carbocycles. The number of amides is 1. The summed E-state index contributed by atoms with van der Waals surface area (Å²) in [7, 11) is 0. The van der Waals surface area contributed by atoms with Gasteiger partial charge in [-0.05, 0) is 42.2 Å². The van der Waals surface area contributed by atoms with Crippen LogP contribution in [0, 0.1) is 11.3 Å². The van der Waals surface area contributed by atoms with Gasteiger partial charge in [0, 0.05) is 19.6 Å². The van der Waals surface area contributed by atoms with E-state index in [1.807, 2.05) is 18.2 Å². The first kappa shape index (κ1) is 16.3. The highest BCUT2D eigenvalue weighted by atomic mass is 16.4. The maximum Gasteiger partial charge on any atom is 0.308 e. The smallest absolute Gasteiger partial charge is 0.308 e. The highest BCUT2D eigenvalue weighted by Crippen LogP contribution is 2.52. The average Bonchev–Trinajstić information content (AvgIpc) is 3.41. The average molecular weight is 340 g/mol. The Hall–Kier alpha value is -2.14. The zero-order valence-electron chi connectivity index (χ0n) is 14.3. The van der Waals surface area contributed by atoms with Crippen molar-refractivity contribution in [1.29, 1.82) is 0 Å². The molecule has 25 heavy (non-hydrogen) atoms. The molecule has 1 aliphatic carbocycles. The fourth-order valence-electron chi connectivity index (χ4n) is 4.15. The van der Waals surface area contributed by atoms with Crippen LogP contribution in [-0.4, -0.2) is 47.6 Å². The Labute approximate surface area is 147 Å². The third kappa shape index (κ3) is 3.21. The van der Waals surface area contributed by atoms with Gasteiger partial charge in [0.15, 0.2) is 0 Å². The lowest BCUT2D eigenvalue weighted by Crippen LogP contribution is -2.57. The monoisotopic (exact) mass is 340 g/mol. The molecule has 2 heterocycles. The molecule has 0 bridgehead atoms. The van der Waals surface area contributed by atoms with Gasteiger partial charge < -0.3 is 15.3 Å². The highest BCUT2D eigenvalue weighted by molar-refractivity contribution is 5.88. The summed E-state index contributed by atoms with van der Waals surface area (Å²) in [6.45, 7) is 1.97. The van der Waals surface area contributed by atoms with E-state index >= 15 is 0 Å². The molecule has 1 aromatic rings. The number of carbonyl (C=O) groups is 2. The number of nitrogens with one attached hydrogen (secondary N) is 1. The van der Waals surface area contributed by atoms with E-state index in [4.69, 9.17) is 0 Å². The number of rotatable bonds is 3. The number of carboxylic acids is 1. The molecule has 1 aromatic carbocycles. The summed E-state index contributed by atoms with van der Waals surface area (Å²) < 4.78 is 0. The zero-order chi connectivity index (χ0) is 17.4. The van der Waals surface area contributed by atoms with E-state index < -0.39 is 17.9 Å². The molecule has 1 amide bonds. The summed E-state index contributed by atoms with van der Waals surface area (Å²) in [5, 5.41) is 12.8. The molecule has 2 N–H and O–H groups in total. The van der Waals surface area contributed by atoms with Crippen molar-refractivity contribution in [2.75, 3.05) is 19.6 Å². The quantitative estimate of drug-likeness (QED) is 0.884. The molecular formula is C20H24N2O3. The predicted molar refractivity (Wildman–Crippen MR) is 94.8 cm³/mol. The van der Waals surface area contributed by atoms with Crippen LogP contribution in [0.5, 0.6) is 0 Å². The molecule has 2 unspecified atom stereocenters. The number of hydrogen-bond donors (Lipinski definition) is 2. The SMILES string of the molecule is O=C(O)C1CC2(CC2)CNC1C(=O)N1CC=C(c2ccccc2)CC1. The maximum atomic E-state index is 12.9. The minimum absolute atomic E-state index is 0.0636. The van der Waals surface area contributed by atoms with Gasteiger partial charge in [-0.2, -0.15) is 0 Å². The van der Waals surface area contributed by atoms with Crippen LogP contribution >= 0.6 is 0 Å². The van der Waals surface area contributed by atoms with Crippen molar-refractivity contribution in [3.63, 3.8) is 0 Å². The largest absolute Gasteiger partial charge is 0.481 e. The standard InChI is InChI=1S/C20H24N2O3/c23-18(17-16(19(24)25)12-20(8-9-20)13-21-17)22-10-6-15(7-11-22)14-4-2-1-3-5-14/h1-6,16-17,21H,7-13H2,(H,24,25). The van der Waals surface area contributed by atoms with E-state index in [2.05, 4.69) is 23.5 Å². The Kier molecular flexibility index (Phi) is 4.12. The minimum atomic E-state index is -0.852. The van der Waals surface area contributed by atoms with Gasteiger partial charge in [0.25, 0.3) is 0 Å². The van der Waals surface area contributed by atoms with Crippen LogP contribution in [0.4, 0.5) is 0 Å². The van der Waals surface area contributed by atoms with E-state index in [-0.39, 0.29) is 11.3 Å². The van der Waals surface area contributed by atoms with Gasteiger partial charge in [-0.15, -0.1) is 0 Å². The summed E-state index contributed by atoms with van der Waals surface area (Å²) in [5.41, 5.74) is 2.60. The van der Waals surface area contributed by atoms with Gasteiger partial charge in [-0.1, -0.05) is 36.4 Å². The number of carboxylic acid groups (broad SMARTS) is 1. The van der Waals surface area contributed by atoms with Crippen molar-refractivity contribution >= 4 is 17.4 Å². The van der Waals surface area contributed by atoms with Gasteiger partial charge in [-0.3, -0.25) is 9.59 Å². The summed E-state index contributed by atoms with van der Waals surface area (Å²) in [5.74, 6) is -1.52. The van der Waals surface area contributed by atoms with Crippen LogP contribution in [0.25, 0.3) is 5.57 Å². The van der Waals surface area contributed by atoms with E-state index in [0.29, 0.717) is 19.5 Å². The molecule has 2 aliphatic heterocycles. The molecule has 5 heteroatoms. The van der Waals surface area contributed by atoms with Gasteiger partial charge >= 0.3 is 5.97 Å². The summed E-state index contributed by atoms with van der Waals surface area (Å²) in [4.78, 5) is 26.4. The lowest BCUT2D eigenvalue weighted by molar-refractivity contribution is -0.150. The molecule has 0 radical (unpaired) electrons. The normalized spacial score (nSPS) is 27.7. The fourth-order valence-corrected chi connectivity index (χ4v) is 4.15. The second kappa shape index (κ2) is 6.30. The summed E-state index contributed by atoms with van der Waals surface area (Å²) >= 11 is 0. The molecule has 132 valence electrons. The Balaban J connectivity index is 1.44. The second-order valence-electron chi connectivity index (χ2n) is 7.64. The van der Waals surface area contributed by atoms with E-state index in [9.17, 15) is 14.7 Å². The minimum Gasteiger partial charge on any atom is -0.481 e. The molecule has 2 fully saturated rings. The second-order valence-corrected chi connectivity index (χ2v) is 7.64. The number of benzene rings is 1. The van der Waals surface area contributed by atoms with Crippen molar-refractivity contribution in [1.82, 2.24) is 10.2 Å². The summed E-state index contributed by atoms with van der Waals surface area (Å²) in [6.07, 6.45) is 5.70. The Morgan fingerprint density at radius 2 is 1.96 bits per heavy atom. The molecule has 5 nitrogen and oxygen atoms in total. The van der Waals surface area contributed by atoms with E-state index in [1.54, 1.807) is 4.90 Å². The molecule has 4 rings (SSSR count). The number of carbonyl (C=O) groups excluding carboxylic acids is 1. The van der Waals surface area contributed by atoms with Crippen LogP contribution in [0.1, 0.15) is 31.2 Å². The van der Waals surface area contributed by atoms with Gasteiger partial charge in [0.2, 0.25) is 5.91 Å². The lowest BCUT2D eigenvalue weighted by Gasteiger charge is -2.38. The van der Waals surface area contributed by atoms with Crippen molar-refractivity contribution < 1.29 is 14.7 Å². The first-order valence-electron chi connectivity index (χ1n) is 9.07. The number of piperidine rings is 1. The van der Waals surface area contributed by atoms with Crippen LogP contribution in [-0.2, 0) is 9.59 Å². The van der Waals surface area contributed by atoms with Crippen LogP contribution < -0.4 is 5.32 Å². The van der Waals surface area contributed by atoms with E-state index in [1.165, 1.54) is 11.1 Å². The number of aliphatic carboxylic acids is 1. The van der Waals surface area contributed by atoms with Crippen molar-refractivity contribution in [3.05, 3.63) is 42.0 Å². The first-order chi connectivity index (χ1) is 12.1. The Morgan fingerprint density at radius 3 is 2.56 bits per heavy atom. The molecule has 3 aliphatic rings. The van der Waals surface area contributed by atoms with Crippen molar-refractivity contribution in [3.8, 4) is 0 Å². The molecule has 1 saturated heterocycles. The molecule has 1 spiro atoms. The van der Waals surface area contributed by atoms with E-state index in [0.717, 1.165) is 25.8 Å². The molecule has 0 aromatic heterocycles. The van der Waals surface area contributed by atoms with Crippen LogP contribution in [0.2, 0.25) is 0 Å². The predicted octanol–water partition coefficient (Wildman–Crippen LogP) is 2.15. The molecule has 2 atom stereocenters. The maximum absolute atomic E-state index is 12.9. The Morgan fingerprint density at radius 1 is 1.20 bits per heavy atom. The lowest BCUT2D eigenvalue weighted by atomic mass is 9.81. The van der Waals surface area contributed by atoms with Crippen LogP contribution in [0.3, 0.4) is 0 Å². The van der Waals surface area contributed by atoms with Gasteiger partial charge in [0.05, 0.1) is 5.92 Å². The van der Waals surface area contributed by atoms with Crippen LogP contribution in [0.15, 0.2) is 36.4 Å². The fraction of sp³-hybridized carbons (Fsp3) is 0.500. The third-order valence-electron chi connectivity index (χ3n) is 5.96. The first-order valence-corrected chi connectivity index (χ1v) is 9.07. The Bertz CT molecular complexity index is 709. The third-order valence-corrected chi connectivity index (χ3v) is 5.96. The molecular weight excluding hydrogens is 316 g/mol. The van der Waals surface area contributed by atoms with Crippen molar-refractivity contribution in [2.45, 2.75) is 31.7 Å². The zero-order valence-corrected chi connectivity index (χ0v) is 14.3. The number of hydrogen-bond acceptors (Lipinski definition) is 3. The number of nitrogens with zero attached hydrogens (tertiary/aromatic N) is 1. The highest BCUT2D eigenvalue weighted by Gasteiger charge is 2.52. The van der Waals surface area contributed by atoms with Crippen molar-refractivity contribution in [2.24, 2.45) is 11.3 Å². The summed E-state index contributed by atoms with van der Waals surface area (Å²) in [6, 6.07) is 9.62. The topological polar surface area (TPSA) is 69.6 Å². The van der Waals surface area contributed by atoms with Gasteiger partial charge in [0.1, 0.15) is 6.04 Å².